The number of amides is 2. The molecule has 160 valence electrons. The zero-order valence-corrected chi connectivity index (χ0v) is 17.0. The van der Waals surface area contributed by atoms with Crippen molar-refractivity contribution in [2.75, 3.05) is 19.7 Å². The zero-order valence-electron chi connectivity index (χ0n) is 17.0. The highest BCUT2D eigenvalue weighted by Crippen LogP contribution is 2.17. The largest absolute Gasteiger partial charge is 0.484 e. The van der Waals surface area contributed by atoms with Crippen LogP contribution in [0.3, 0.4) is 0 Å². The van der Waals surface area contributed by atoms with Gasteiger partial charge in [-0.25, -0.2) is 8.78 Å². The van der Waals surface area contributed by atoms with Crippen molar-refractivity contribution in [3.63, 3.8) is 0 Å². The highest BCUT2D eigenvalue weighted by molar-refractivity contribution is 5.94. The molecule has 1 saturated heterocycles. The normalized spacial score (nSPS) is 14.4. The minimum absolute atomic E-state index is 0.0739. The van der Waals surface area contributed by atoms with Crippen LogP contribution in [-0.4, -0.2) is 42.5 Å². The van der Waals surface area contributed by atoms with Crippen LogP contribution in [-0.2, 0) is 11.2 Å². The predicted octanol–water partition coefficient (Wildman–Crippen LogP) is 3.72. The highest BCUT2D eigenvalue weighted by atomic mass is 19.1. The fourth-order valence-electron chi connectivity index (χ4n) is 3.52. The van der Waals surface area contributed by atoms with E-state index < -0.39 is 17.5 Å². The summed E-state index contributed by atoms with van der Waals surface area (Å²) >= 11 is 0. The van der Waals surface area contributed by atoms with Crippen LogP contribution in [0.5, 0.6) is 5.75 Å². The first-order chi connectivity index (χ1) is 14.5. The Morgan fingerprint density at radius 1 is 1.10 bits per heavy atom. The number of carbonyl (C=O) groups excluding carboxylic acids is 2. The van der Waals surface area contributed by atoms with Crippen molar-refractivity contribution >= 4 is 11.8 Å². The van der Waals surface area contributed by atoms with Crippen LogP contribution in [0.1, 0.15) is 42.1 Å². The van der Waals surface area contributed by atoms with Crippen LogP contribution in [0.4, 0.5) is 8.78 Å². The van der Waals surface area contributed by atoms with Crippen molar-refractivity contribution in [3.8, 4) is 5.75 Å². The lowest BCUT2D eigenvalue weighted by molar-refractivity contribution is -0.124. The van der Waals surface area contributed by atoms with Crippen LogP contribution in [0.15, 0.2) is 42.5 Å². The molecule has 2 aromatic rings. The minimum atomic E-state index is -0.865. The Labute approximate surface area is 175 Å². The molecule has 1 aliphatic heterocycles. The van der Waals surface area contributed by atoms with E-state index in [-0.39, 0.29) is 24.1 Å². The lowest BCUT2D eigenvalue weighted by Gasteiger charge is -2.32. The van der Waals surface area contributed by atoms with Gasteiger partial charge in [-0.2, -0.15) is 0 Å². The lowest BCUT2D eigenvalue weighted by atomic mass is 10.0. The minimum Gasteiger partial charge on any atom is -0.484 e. The maximum absolute atomic E-state index is 13.8. The van der Waals surface area contributed by atoms with E-state index in [1.807, 2.05) is 24.3 Å². The number of aryl methyl sites for hydroxylation is 1. The van der Waals surface area contributed by atoms with Gasteiger partial charge in [-0.05, 0) is 49.1 Å². The Morgan fingerprint density at radius 2 is 1.80 bits per heavy atom. The van der Waals surface area contributed by atoms with Gasteiger partial charge in [-0.15, -0.1) is 0 Å². The molecule has 3 rings (SSSR count). The van der Waals surface area contributed by atoms with E-state index in [1.54, 1.807) is 0 Å². The van der Waals surface area contributed by atoms with Gasteiger partial charge in [-0.3, -0.25) is 9.59 Å². The van der Waals surface area contributed by atoms with E-state index in [2.05, 4.69) is 12.2 Å². The van der Waals surface area contributed by atoms with Crippen LogP contribution in [0.2, 0.25) is 0 Å². The summed E-state index contributed by atoms with van der Waals surface area (Å²) in [4.78, 5) is 26.1. The number of nitrogens with zero attached hydrogens (tertiary/aromatic N) is 1. The van der Waals surface area contributed by atoms with E-state index in [9.17, 15) is 18.4 Å². The van der Waals surface area contributed by atoms with Gasteiger partial charge in [0.2, 0.25) is 0 Å². The van der Waals surface area contributed by atoms with Gasteiger partial charge in [0.1, 0.15) is 17.4 Å². The Hall–Kier alpha value is -2.96. The van der Waals surface area contributed by atoms with E-state index in [0.29, 0.717) is 37.7 Å². The third-order valence-electron chi connectivity index (χ3n) is 5.14. The van der Waals surface area contributed by atoms with E-state index >= 15 is 0 Å². The second kappa shape index (κ2) is 10.2. The average molecular weight is 416 g/mol. The van der Waals surface area contributed by atoms with Gasteiger partial charge in [0, 0.05) is 25.2 Å². The topological polar surface area (TPSA) is 58.6 Å². The molecule has 1 aliphatic rings. The van der Waals surface area contributed by atoms with Crippen LogP contribution >= 0.6 is 0 Å². The molecule has 0 aliphatic carbocycles. The van der Waals surface area contributed by atoms with Gasteiger partial charge in [0.25, 0.3) is 11.8 Å². The Balaban J connectivity index is 1.42. The molecule has 2 aromatic carbocycles. The Bertz CT molecular complexity index is 879. The number of hydrogen-bond acceptors (Lipinski definition) is 3. The van der Waals surface area contributed by atoms with Crippen LogP contribution in [0, 0.1) is 11.6 Å². The summed E-state index contributed by atoms with van der Waals surface area (Å²) in [6.07, 6.45) is 3.21. The quantitative estimate of drug-likeness (QED) is 0.749. The molecule has 2 amide bonds. The maximum atomic E-state index is 13.8. The second-order valence-electron chi connectivity index (χ2n) is 7.44. The summed E-state index contributed by atoms with van der Waals surface area (Å²) in [6.45, 7) is 2.82. The molecule has 5 nitrogen and oxygen atoms in total. The number of hydrogen-bond donors (Lipinski definition) is 1. The first-order valence-electron chi connectivity index (χ1n) is 10.2. The van der Waals surface area contributed by atoms with Crippen molar-refractivity contribution < 1.29 is 23.1 Å². The fraction of sp³-hybridized carbons (Fsp3) is 0.391. The summed E-state index contributed by atoms with van der Waals surface area (Å²) in [6, 6.07) is 10.6. The Kier molecular flexibility index (Phi) is 7.38. The number of carbonyl (C=O) groups is 2. The number of piperidine rings is 1. The summed E-state index contributed by atoms with van der Waals surface area (Å²) in [7, 11) is 0. The smallest absolute Gasteiger partial charge is 0.258 e. The first-order valence-corrected chi connectivity index (χ1v) is 10.2. The fourth-order valence-corrected chi connectivity index (χ4v) is 3.52. The monoisotopic (exact) mass is 416 g/mol. The molecule has 1 fully saturated rings. The number of rotatable bonds is 7. The molecule has 30 heavy (non-hydrogen) atoms. The number of likely N-dealkylation sites (tertiary alicyclic amines) is 1. The molecule has 0 unspecified atom stereocenters. The van der Waals surface area contributed by atoms with E-state index in [1.165, 1.54) is 10.5 Å². The highest BCUT2D eigenvalue weighted by Gasteiger charge is 2.26. The van der Waals surface area contributed by atoms with Gasteiger partial charge in [0.05, 0.1) is 5.56 Å². The van der Waals surface area contributed by atoms with Gasteiger partial charge in [0.15, 0.2) is 6.61 Å². The number of nitrogens with one attached hydrogen (secondary N) is 1. The molecule has 0 saturated carbocycles. The van der Waals surface area contributed by atoms with Crippen molar-refractivity contribution in [1.82, 2.24) is 10.2 Å². The van der Waals surface area contributed by atoms with Gasteiger partial charge < -0.3 is 15.0 Å². The zero-order chi connectivity index (χ0) is 21.5. The van der Waals surface area contributed by atoms with Gasteiger partial charge >= 0.3 is 0 Å². The molecular weight excluding hydrogens is 390 g/mol. The van der Waals surface area contributed by atoms with Crippen LogP contribution in [0.25, 0.3) is 0 Å². The summed E-state index contributed by atoms with van der Waals surface area (Å²) in [5, 5.41) is 2.91. The molecule has 0 atom stereocenters. The third kappa shape index (κ3) is 5.78. The SMILES string of the molecule is CCCc1ccc(OCC(=O)NC2CCN(C(=O)c3ccc(F)cc3F)CC2)cc1. The molecule has 0 bridgehead atoms. The van der Waals surface area contributed by atoms with Gasteiger partial charge in [-0.1, -0.05) is 25.5 Å². The summed E-state index contributed by atoms with van der Waals surface area (Å²) in [5.41, 5.74) is 1.09. The molecule has 1 N–H and O–H groups in total. The van der Waals surface area contributed by atoms with Crippen molar-refractivity contribution in [1.29, 1.82) is 0 Å². The van der Waals surface area contributed by atoms with Crippen molar-refractivity contribution in [2.45, 2.75) is 38.6 Å². The van der Waals surface area contributed by atoms with Crippen molar-refractivity contribution in [2.24, 2.45) is 0 Å². The molecule has 0 aromatic heterocycles. The standard InChI is InChI=1S/C23H26F2N2O3/c1-2-3-16-4-7-19(8-5-16)30-15-22(28)26-18-10-12-27(13-11-18)23(29)20-9-6-17(24)14-21(20)25/h4-9,14,18H,2-3,10-13,15H2,1H3,(H,26,28). The number of ether oxygens (including phenoxy) is 1. The van der Waals surface area contributed by atoms with Crippen LogP contribution < -0.4 is 10.1 Å². The molecular formula is C23H26F2N2O3. The average Bonchev–Trinajstić information content (AvgIpc) is 2.74. The maximum Gasteiger partial charge on any atom is 0.258 e. The summed E-state index contributed by atoms with van der Waals surface area (Å²) in [5.74, 6) is -1.62. The van der Waals surface area contributed by atoms with E-state index in [4.69, 9.17) is 4.74 Å². The molecule has 7 heteroatoms. The Morgan fingerprint density at radius 3 is 2.43 bits per heavy atom. The molecule has 1 heterocycles. The second-order valence-corrected chi connectivity index (χ2v) is 7.44. The predicted molar refractivity (Wildman–Crippen MR) is 109 cm³/mol. The van der Waals surface area contributed by atoms with Crippen molar-refractivity contribution in [3.05, 3.63) is 65.2 Å². The van der Waals surface area contributed by atoms with E-state index in [0.717, 1.165) is 25.0 Å². The number of halogens is 2. The lowest BCUT2D eigenvalue weighted by Crippen LogP contribution is -2.47. The summed E-state index contributed by atoms with van der Waals surface area (Å²) < 4.78 is 32.4. The third-order valence-corrected chi connectivity index (χ3v) is 5.14. The molecule has 0 spiro atoms. The number of benzene rings is 2. The molecule has 0 radical (unpaired) electrons. The first kappa shape index (κ1) is 21.7.